The van der Waals surface area contributed by atoms with Gasteiger partial charge in [0.2, 0.25) is 0 Å². The monoisotopic (exact) mass is 361 g/mol. The molecule has 0 saturated carbocycles. The Balaban J connectivity index is 1.53. The normalized spacial score (nSPS) is 17.7. The molecule has 2 heterocycles. The Morgan fingerprint density at radius 3 is 2.77 bits per heavy atom. The molecule has 0 radical (unpaired) electrons. The maximum atomic E-state index is 13.0. The Labute approximate surface area is 151 Å². The van der Waals surface area contributed by atoms with Crippen molar-refractivity contribution in [1.82, 2.24) is 25.6 Å². The fraction of sp³-hybridized carbons (Fsp3) is 0.500. The highest BCUT2D eigenvalue weighted by Gasteiger charge is 2.20. The summed E-state index contributed by atoms with van der Waals surface area (Å²) in [5.74, 6) is -0.664. The third-order valence-corrected chi connectivity index (χ3v) is 4.63. The van der Waals surface area contributed by atoms with E-state index in [1.165, 1.54) is 12.1 Å². The van der Waals surface area contributed by atoms with Gasteiger partial charge in [-0.2, -0.15) is 0 Å². The minimum absolute atomic E-state index is 0.267. The molecule has 3 rings (SSSR count). The molecular formula is C18H24FN5O2. The van der Waals surface area contributed by atoms with Crippen LogP contribution in [0.5, 0.6) is 0 Å². The van der Waals surface area contributed by atoms with Crippen LogP contribution in [0.25, 0.3) is 0 Å². The first-order valence-corrected chi connectivity index (χ1v) is 8.90. The second-order valence-electron chi connectivity index (χ2n) is 6.74. The van der Waals surface area contributed by atoms with Crippen LogP contribution in [0, 0.1) is 5.82 Å². The topological polar surface area (TPSA) is 92.1 Å². The van der Waals surface area contributed by atoms with Gasteiger partial charge in [0.1, 0.15) is 5.82 Å². The number of benzene rings is 1. The molecule has 1 fully saturated rings. The van der Waals surface area contributed by atoms with Crippen molar-refractivity contribution in [1.29, 1.82) is 0 Å². The SMILES string of the molecule is CC(CC(O)c1ccc(F)cc1)NC(=O)c1cn(C2CCNCC2)nn1. The van der Waals surface area contributed by atoms with Crippen molar-refractivity contribution in [2.45, 2.75) is 44.4 Å². The number of hydrogen-bond donors (Lipinski definition) is 3. The lowest BCUT2D eigenvalue weighted by Crippen LogP contribution is -2.34. The summed E-state index contributed by atoms with van der Waals surface area (Å²) in [6.07, 6.45) is 3.14. The van der Waals surface area contributed by atoms with Crippen LogP contribution in [0.4, 0.5) is 4.39 Å². The predicted octanol–water partition coefficient (Wildman–Crippen LogP) is 1.58. The summed E-state index contributed by atoms with van der Waals surface area (Å²) in [7, 11) is 0. The van der Waals surface area contributed by atoms with Crippen LogP contribution in [-0.4, -0.2) is 45.1 Å². The predicted molar refractivity (Wildman–Crippen MR) is 94.1 cm³/mol. The van der Waals surface area contributed by atoms with Crippen molar-refractivity contribution >= 4 is 5.91 Å². The average Bonchev–Trinajstić information content (AvgIpc) is 3.13. The molecule has 3 N–H and O–H groups in total. The fourth-order valence-electron chi connectivity index (χ4n) is 3.14. The molecule has 1 aliphatic rings. The highest BCUT2D eigenvalue weighted by Crippen LogP contribution is 2.19. The van der Waals surface area contributed by atoms with Crippen molar-refractivity contribution in [3.05, 3.63) is 47.5 Å². The number of amides is 1. The van der Waals surface area contributed by atoms with Crippen molar-refractivity contribution < 1.29 is 14.3 Å². The van der Waals surface area contributed by atoms with Crippen LogP contribution in [0.3, 0.4) is 0 Å². The third-order valence-electron chi connectivity index (χ3n) is 4.63. The van der Waals surface area contributed by atoms with Crippen LogP contribution < -0.4 is 10.6 Å². The van der Waals surface area contributed by atoms with Gasteiger partial charge in [0, 0.05) is 6.04 Å². The van der Waals surface area contributed by atoms with E-state index in [9.17, 15) is 14.3 Å². The number of aliphatic hydroxyl groups excluding tert-OH is 1. The van der Waals surface area contributed by atoms with Crippen molar-refractivity contribution in [2.24, 2.45) is 0 Å². The Morgan fingerprint density at radius 1 is 1.38 bits per heavy atom. The van der Waals surface area contributed by atoms with E-state index in [4.69, 9.17) is 0 Å². The fourth-order valence-corrected chi connectivity index (χ4v) is 3.14. The lowest BCUT2D eigenvalue weighted by molar-refractivity contribution is 0.0912. The van der Waals surface area contributed by atoms with Crippen LogP contribution in [0.1, 0.15) is 54.4 Å². The Morgan fingerprint density at radius 2 is 2.08 bits per heavy atom. The number of carbonyl (C=O) groups is 1. The number of nitrogens with zero attached hydrogens (tertiary/aromatic N) is 3. The van der Waals surface area contributed by atoms with E-state index >= 15 is 0 Å². The van der Waals surface area contributed by atoms with E-state index in [2.05, 4.69) is 20.9 Å². The number of carbonyl (C=O) groups excluding carboxylic acids is 1. The zero-order valence-electron chi connectivity index (χ0n) is 14.7. The summed E-state index contributed by atoms with van der Waals surface area (Å²) < 4.78 is 14.7. The molecular weight excluding hydrogens is 337 g/mol. The van der Waals surface area contributed by atoms with E-state index in [-0.39, 0.29) is 29.5 Å². The van der Waals surface area contributed by atoms with E-state index in [0.29, 0.717) is 12.0 Å². The number of halogens is 1. The minimum atomic E-state index is -0.781. The second-order valence-corrected chi connectivity index (χ2v) is 6.74. The summed E-state index contributed by atoms with van der Waals surface area (Å²) >= 11 is 0. The molecule has 1 aromatic heterocycles. The second kappa shape index (κ2) is 8.37. The number of aliphatic hydroxyl groups is 1. The smallest absolute Gasteiger partial charge is 0.273 e. The first-order chi connectivity index (χ1) is 12.5. The molecule has 2 atom stereocenters. The molecule has 0 spiro atoms. The number of nitrogens with one attached hydrogen (secondary N) is 2. The van der Waals surface area contributed by atoms with Gasteiger partial charge in [-0.3, -0.25) is 4.79 Å². The van der Waals surface area contributed by atoms with Crippen molar-refractivity contribution in [2.75, 3.05) is 13.1 Å². The molecule has 1 aliphatic heterocycles. The quantitative estimate of drug-likeness (QED) is 0.727. The molecule has 1 aromatic carbocycles. The van der Waals surface area contributed by atoms with Crippen LogP contribution in [0.2, 0.25) is 0 Å². The Bertz CT molecular complexity index is 727. The summed E-state index contributed by atoms with van der Waals surface area (Å²) in [6, 6.07) is 5.69. The number of aromatic nitrogens is 3. The van der Waals surface area contributed by atoms with Gasteiger partial charge in [-0.15, -0.1) is 5.10 Å². The van der Waals surface area contributed by atoms with Crippen molar-refractivity contribution in [3.63, 3.8) is 0 Å². The van der Waals surface area contributed by atoms with Gasteiger partial charge >= 0.3 is 0 Å². The van der Waals surface area contributed by atoms with Crippen molar-refractivity contribution in [3.8, 4) is 0 Å². The molecule has 1 amide bonds. The third kappa shape index (κ3) is 4.64. The molecule has 1 saturated heterocycles. The Kier molecular flexibility index (Phi) is 5.95. The maximum Gasteiger partial charge on any atom is 0.273 e. The minimum Gasteiger partial charge on any atom is -0.388 e. The van der Waals surface area contributed by atoms with Gasteiger partial charge in [0.05, 0.1) is 18.3 Å². The van der Waals surface area contributed by atoms with Gasteiger partial charge in [0.25, 0.3) is 5.91 Å². The molecule has 2 aromatic rings. The first-order valence-electron chi connectivity index (χ1n) is 8.90. The van der Waals surface area contributed by atoms with E-state index in [1.807, 2.05) is 6.92 Å². The largest absolute Gasteiger partial charge is 0.388 e. The van der Waals surface area contributed by atoms with Gasteiger partial charge in [-0.05, 0) is 57.0 Å². The number of hydrogen-bond acceptors (Lipinski definition) is 5. The standard InChI is InChI=1S/C18H24FN5O2/c1-12(10-17(25)13-2-4-14(19)5-3-13)21-18(26)16-11-24(23-22-16)15-6-8-20-9-7-15/h2-5,11-12,15,17,20,25H,6-10H2,1H3,(H,21,26). The molecule has 0 bridgehead atoms. The van der Waals surface area contributed by atoms with E-state index in [0.717, 1.165) is 25.9 Å². The lowest BCUT2D eigenvalue weighted by Gasteiger charge is -2.22. The molecule has 2 unspecified atom stereocenters. The van der Waals surface area contributed by atoms with E-state index in [1.54, 1.807) is 23.0 Å². The van der Waals surface area contributed by atoms with Gasteiger partial charge in [-0.25, -0.2) is 9.07 Å². The van der Waals surface area contributed by atoms with E-state index < -0.39 is 6.10 Å². The molecule has 26 heavy (non-hydrogen) atoms. The van der Waals surface area contributed by atoms with Crippen LogP contribution in [0.15, 0.2) is 30.5 Å². The summed E-state index contributed by atoms with van der Waals surface area (Å²) in [4.78, 5) is 12.3. The number of rotatable bonds is 6. The lowest BCUT2D eigenvalue weighted by atomic mass is 10.0. The number of piperidine rings is 1. The summed E-state index contributed by atoms with van der Waals surface area (Å²) in [6.45, 7) is 3.68. The molecule has 140 valence electrons. The Hall–Kier alpha value is -2.32. The maximum absolute atomic E-state index is 13.0. The first kappa shape index (κ1) is 18.5. The highest BCUT2D eigenvalue weighted by atomic mass is 19.1. The highest BCUT2D eigenvalue weighted by molar-refractivity contribution is 5.92. The average molecular weight is 361 g/mol. The molecule has 0 aliphatic carbocycles. The zero-order chi connectivity index (χ0) is 18.5. The molecule has 8 heteroatoms. The summed E-state index contributed by atoms with van der Waals surface area (Å²) in [5, 5.41) is 24.4. The zero-order valence-corrected chi connectivity index (χ0v) is 14.7. The van der Waals surface area contributed by atoms with Gasteiger partial charge in [-0.1, -0.05) is 17.3 Å². The summed E-state index contributed by atoms with van der Waals surface area (Å²) in [5.41, 5.74) is 0.885. The van der Waals surface area contributed by atoms with Crippen LogP contribution >= 0.6 is 0 Å². The van der Waals surface area contributed by atoms with Gasteiger partial charge in [0.15, 0.2) is 5.69 Å². The van der Waals surface area contributed by atoms with Crippen LogP contribution in [-0.2, 0) is 0 Å². The molecule has 7 nitrogen and oxygen atoms in total. The van der Waals surface area contributed by atoms with Gasteiger partial charge < -0.3 is 15.7 Å².